The molecule has 2 aromatic rings. The van der Waals surface area contributed by atoms with Crippen molar-refractivity contribution in [2.45, 2.75) is 13.8 Å². The fourth-order valence-electron chi connectivity index (χ4n) is 2.40. The van der Waals surface area contributed by atoms with Crippen LogP contribution in [-0.2, 0) is 9.59 Å². The van der Waals surface area contributed by atoms with E-state index in [1.165, 1.54) is 6.08 Å². The largest absolute Gasteiger partial charge is 0.497 e. The second kappa shape index (κ2) is 10.8. The molecule has 0 aromatic heterocycles. The number of nitrogens with one attached hydrogen (secondary N) is 3. The summed E-state index contributed by atoms with van der Waals surface area (Å²) in [5, 5.41) is 2.40. The van der Waals surface area contributed by atoms with Crippen molar-refractivity contribution in [2.24, 2.45) is 0 Å². The molecule has 29 heavy (non-hydrogen) atoms. The van der Waals surface area contributed by atoms with Crippen LogP contribution >= 0.6 is 12.2 Å². The van der Waals surface area contributed by atoms with E-state index in [0.717, 1.165) is 22.4 Å². The highest BCUT2D eigenvalue weighted by atomic mass is 32.1. The number of amides is 2. The van der Waals surface area contributed by atoms with Gasteiger partial charge in [0.15, 0.2) is 11.7 Å². The van der Waals surface area contributed by atoms with Crippen LogP contribution < -0.4 is 25.6 Å². The molecule has 0 spiro atoms. The van der Waals surface area contributed by atoms with Gasteiger partial charge in [0, 0.05) is 6.08 Å². The number of carbonyl (C=O) groups excluding carboxylic acids is 2. The number of hydrazine groups is 1. The van der Waals surface area contributed by atoms with Gasteiger partial charge in [0.05, 0.1) is 7.11 Å². The standard InChI is InChI=1S/C21H23N3O4S/c1-14-5-4-6-15(2)20(14)28-13-19(26)23-24-21(29)22-18(25)12-9-16-7-10-17(27-3)11-8-16/h4-12H,13H2,1-3H3,(H,23,26)(H2,22,24,25,29)/b12-9+. The lowest BCUT2D eigenvalue weighted by Crippen LogP contribution is -2.49. The van der Waals surface area contributed by atoms with Crippen molar-refractivity contribution < 1.29 is 19.1 Å². The summed E-state index contributed by atoms with van der Waals surface area (Å²) in [6.45, 7) is 3.62. The minimum absolute atomic E-state index is 0.0326. The van der Waals surface area contributed by atoms with Crippen molar-refractivity contribution >= 4 is 35.2 Å². The molecule has 8 heteroatoms. The highest BCUT2D eigenvalue weighted by Gasteiger charge is 2.08. The normalized spacial score (nSPS) is 10.3. The molecular weight excluding hydrogens is 390 g/mol. The van der Waals surface area contributed by atoms with Gasteiger partial charge in [-0.2, -0.15) is 0 Å². The van der Waals surface area contributed by atoms with E-state index in [0.29, 0.717) is 5.75 Å². The third kappa shape index (κ3) is 7.27. The molecule has 0 heterocycles. The third-order valence-electron chi connectivity index (χ3n) is 3.85. The Morgan fingerprint density at radius 1 is 1.03 bits per heavy atom. The van der Waals surface area contributed by atoms with Crippen LogP contribution in [0.15, 0.2) is 48.5 Å². The quantitative estimate of drug-likeness (QED) is 0.383. The predicted octanol–water partition coefficient (Wildman–Crippen LogP) is 2.43. The Balaban J connectivity index is 1.73. The Hall–Kier alpha value is -3.39. The van der Waals surface area contributed by atoms with Gasteiger partial charge in [-0.05, 0) is 61.0 Å². The zero-order chi connectivity index (χ0) is 21.2. The van der Waals surface area contributed by atoms with Crippen molar-refractivity contribution in [2.75, 3.05) is 13.7 Å². The average molecular weight is 413 g/mol. The molecule has 2 aromatic carbocycles. The first-order chi connectivity index (χ1) is 13.9. The summed E-state index contributed by atoms with van der Waals surface area (Å²) >= 11 is 4.98. The fraction of sp³-hybridized carbons (Fsp3) is 0.190. The topological polar surface area (TPSA) is 88.7 Å². The maximum atomic E-state index is 11.9. The van der Waals surface area contributed by atoms with Crippen molar-refractivity contribution in [3.8, 4) is 11.5 Å². The fourth-order valence-corrected chi connectivity index (χ4v) is 2.55. The van der Waals surface area contributed by atoms with E-state index in [4.69, 9.17) is 21.7 Å². The highest BCUT2D eigenvalue weighted by Crippen LogP contribution is 2.21. The molecule has 0 aliphatic heterocycles. The Kier molecular flexibility index (Phi) is 8.17. The Bertz CT molecular complexity index is 890. The van der Waals surface area contributed by atoms with Crippen molar-refractivity contribution in [3.63, 3.8) is 0 Å². The first kappa shape index (κ1) is 21.9. The summed E-state index contributed by atoms with van der Waals surface area (Å²) in [5.41, 5.74) is 7.55. The van der Waals surface area contributed by atoms with E-state index in [9.17, 15) is 9.59 Å². The average Bonchev–Trinajstić information content (AvgIpc) is 2.70. The molecule has 7 nitrogen and oxygen atoms in total. The van der Waals surface area contributed by atoms with Gasteiger partial charge in [0.2, 0.25) is 5.91 Å². The number of thiocarbonyl (C=S) groups is 1. The van der Waals surface area contributed by atoms with Gasteiger partial charge in [-0.3, -0.25) is 25.8 Å². The second-order valence-corrected chi connectivity index (χ2v) is 6.52. The van der Waals surface area contributed by atoms with Gasteiger partial charge in [-0.15, -0.1) is 0 Å². The SMILES string of the molecule is COc1ccc(/C=C/C(=O)NC(=S)NNC(=O)COc2c(C)cccc2C)cc1. The summed E-state index contributed by atoms with van der Waals surface area (Å²) < 4.78 is 10.6. The lowest BCUT2D eigenvalue weighted by Gasteiger charge is -2.13. The van der Waals surface area contributed by atoms with Crippen molar-refractivity contribution in [3.05, 3.63) is 65.2 Å². The first-order valence-electron chi connectivity index (χ1n) is 8.80. The van der Waals surface area contributed by atoms with Crippen LogP contribution in [0.2, 0.25) is 0 Å². The molecule has 0 radical (unpaired) electrons. The molecule has 2 rings (SSSR count). The number of hydrogen-bond acceptors (Lipinski definition) is 5. The molecule has 0 saturated carbocycles. The zero-order valence-electron chi connectivity index (χ0n) is 16.4. The molecule has 3 N–H and O–H groups in total. The Morgan fingerprint density at radius 3 is 2.31 bits per heavy atom. The highest BCUT2D eigenvalue weighted by molar-refractivity contribution is 7.80. The van der Waals surface area contributed by atoms with Gasteiger partial charge in [0.1, 0.15) is 11.5 Å². The van der Waals surface area contributed by atoms with Crippen molar-refractivity contribution in [1.29, 1.82) is 0 Å². The molecule has 152 valence electrons. The smallest absolute Gasteiger partial charge is 0.276 e. The molecule has 0 bridgehead atoms. The molecule has 0 aliphatic carbocycles. The molecule has 0 atom stereocenters. The maximum absolute atomic E-state index is 11.9. The lowest BCUT2D eigenvalue weighted by atomic mass is 10.1. The molecule has 0 unspecified atom stereocenters. The molecule has 0 aliphatic rings. The summed E-state index contributed by atoms with van der Waals surface area (Å²) in [7, 11) is 1.58. The number of methoxy groups -OCH3 is 1. The molecular formula is C21H23N3O4S. The number of benzene rings is 2. The van der Waals surface area contributed by atoms with Crippen LogP contribution in [0.5, 0.6) is 11.5 Å². The van der Waals surface area contributed by atoms with Crippen LogP contribution in [0, 0.1) is 13.8 Å². The van der Waals surface area contributed by atoms with E-state index in [1.54, 1.807) is 25.3 Å². The number of aryl methyl sites for hydroxylation is 2. The number of para-hydroxylation sites is 1. The van der Waals surface area contributed by atoms with Crippen LogP contribution in [0.25, 0.3) is 6.08 Å². The van der Waals surface area contributed by atoms with Gasteiger partial charge >= 0.3 is 0 Å². The van der Waals surface area contributed by atoms with E-state index >= 15 is 0 Å². The van der Waals surface area contributed by atoms with Crippen LogP contribution in [0.1, 0.15) is 16.7 Å². The zero-order valence-corrected chi connectivity index (χ0v) is 17.3. The van der Waals surface area contributed by atoms with Gasteiger partial charge in [-0.1, -0.05) is 30.3 Å². The van der Waals surface area contributed by atoms with Crippen molar-refractivity contribution in [1.82, 2.24) is 16.2 Å². The van der Waals surface area contributed by atoms with E-state index < -0.39 is 11.8 Å². The number of rotatable bonds is 6. The molecule has 2 amide bonds. The summed E-state index contributed by atoms with van der Waals surface area (Å²) in [4.78, 5) is 23.8. The van der Waals surface area contributed by atoms with Gasteiger partial charge in [-0.25, -0.2) is 0 Å². The Labute approximate surface area is 175 Å². The Morgan fingerprint density at radius 2 is 1.69 bits per heavy atom. The third-order valence-corrected chi connectivity index (χ3v) is 4.06. The summed E-state index contributed by atoms with van der Waals surface area (Å²) in [6, 6.07) is 12.9. The minimum Gasteiger partial charge on any atom is -0.497 e. The predicted molar refractivity (Wildman–Crippen MR) is 115 cm³/mol. The minimum atomic E-state index is -0.432. The van der Waals surface area contributed by atoms with Crippen LogP contribution in [-0.4, -0.2) is 30.6 Å². The van der Waals surface area contributed by atoms with Gasteiger partial charge in [0.25, 0.3) is 5.91 Å². The summed E-state index contributed by atoms with van der Waals surface area (Å²) in [5.74, 6) is 0.536. The van der Waals surface area contributed by atoms with E-state index in [2.05, 4.69) is 16.2 Å². The van der Waals surface area contributed by atoms with E-state index in [-0.39, 0.29) is 11.7 Å². The number of carbonyl (C=O) groups is 2. The lowest BCUT2D eigenvalue weighted by molar-refractivity contribution is -0.123. The molecule has 0 saturated heterocycles. The van der Waals surface area contributed by atoms with Crippen LogP contribution in [0.3, 0.4) is 0 Å². The second-order valence-electron chi connectivity index (χ2n) is 6.11. The summed E-state index contributed by atoms with van der Waals surface area (Å²) in [6.07, 6.45) is 2.97. The monoisotopic (exact) mass is 413 g/mol. The maximum Gasteiger partial charge on any atom is 0.276 e. The number of hydrogen-bond donors (Lipinski definition) is 3. The number of ether oxygens (including phenoxy) is 2. The van der Waals surface area contributed by atoms with Gasteiger partial charge < -0.3 is 9.47 Å². The van der Waals surface area contributed by atoms with Crippen LogP contribution in [0.4, 0.5) is 0 Å². The first-order valence-corrected chi connectivity index (χ1v) is 9.21. The molecule has 0 fully saturated rings. The van der Waals surface area contributed by atoms with E-state index in [1.807, 2.05) is 44.2 Å².